The minimum absolute atomic E-state index is 0.0160. The molecule has 1 rings (SSSR count). The highest BCUT2D eigenvalue weighted by Crippen LogP contribution is 2.06. The van der Waals surface area contributed by atoms with Gasteiger partial charge in [0.2, 0.25) is 23.6 Å². The molecule has 0 aromatic rings. The predicted octanol–water partition coefficient (Wildman–Crippen LogP) is -2.02. The van der Waals surface area contributed by atoms with Crippen LogP contribution in [0.1, 0.15) is 19.8 Å². The minimum atomic E-state index is -0.929. The van der Waals surface area contributed by atoms with Crippen molar-refractivity contribution in [3.05, 3.63) is 0 Å². The van der Waals surface area contributed by atoms with Crippen molar-refractivity contribution in [2.24, 2.45) is 0 Å². The SMILES string of the molecule is CC1C(=O)NCC(=O)N(C)CCN(C)C(=O)CCC(=O)N1CO. The van der Waals surface area contributed by atoms with E-state index < -0.39 is 24.6 Å². The Labute approximate surface area is 135 Å². The summed E-state index contributed by atoms with van der Waals surface area (Å²) in [5.41, 5.74) is 0. The van der Waals surface area contributed by atoms with Gasteiger partial charge in [0.05, 0.1) is 6.54 Å². The van der Waals surface area contributed by atoms with Crippen LogP contribution in [0.2, 0.25) is 0 Å². The number of nitrogens with one attached hydrogen (secondary N) is 1. The number of hydrogen-bond acceptors (Lipinski definition) is 5. The summed E-state index contributed by atoms with van der Waals surface area (Å²) in [5, 5.41) is 11.8. The Morgan fingerprint density at radius 3 is 2.09 bits per heavy atom. The zero-order valence-electron chi connectivity index (χ0n) is 13.7. The second-order valence-electron chi connectivity index (χ2n) is 5.53. The van der Waals surface area contributed by atoms with Crippen LogP contribution in [0.5, 0.6) is 0 Å². The highest BCUT2D eigenvalue weighted by Gasteiger charge is 2.27. The first-order valence-corrected chi connectivity index (χ1v) is 7.44. The van der Waals surface area contributed by atoms with E-state index in [0.717, 1.165) is 4.90 Å². The first kappa shape index (κ1) is 18.9. The number of carbonyl (C=O) groups excluding carboxylic acids is 4. The summed E-state index contributed by atoms with van der Waals surface area (Å²) in [7, 11) is 3.19. The normalized spacial score (nSPS) is 23.0. The standard InChI is InChI=1S/C14H24N4O5/c1-10-14(23)15-8-13(22)17(3)7-6-16(2)11(20)4-5-12(21)18(10)9-19/h10,19H,4-9H2,1-3H3,(H,15,23). The lowest BCUT2D eigenvalue weighted by Gasteiger charge is -2.28. The van der Waals surface area contributed by atoms with Gasteiger partial charge in [0.15, 0.2) is 0 Å². The molecule has 1 atom stereocenters. The molecule has 0 spiro atoms. The van der Waals surface area contributed by atoms with E-state index in [1.807, 2.05) is 0 Å². The number of rotatable bonds is 1. The first-order chi connectivity index (χ1) is 10.8. The lowest BCUT2D eigenvalue weighted by atomic mass is 10.2. The van der Waals surface area contributed by atoms with Gasteiger partial charge in [-0.05, 0) is 6.92 Å². The van der Waals surface area contributed by atoms with Crippen LogP contribution < -0.4 is 5.32 Å². The third kappa shape index (κ3) is 5.20. The minimum Gasteiger partial charge on any atom is -0.376 e. The lowest BCUT2D eigenvalue weighted by Crippen LogP contribution is -2.51. The molecule has 130 valence electrons. The van der Waals surface area contributed by atoms with Crippen molar-refractivity contribution in [2.45, 2.75) is 25.8 Å². The van der Waals surface area contributed by atoms with Crippen LogP contribution in [-0.2, 0) is 19.2 Å². The molecule has 0 bridgehead atoms. The topological polar surface area (TPSA) is 110 Å². The van der Waals surface area contributed by atoms with Crippen LogP contribution in [0.25, 0.3) is 0 Å². The average molecular weight is 328 g/mol. The third-order valence-corrected chi connectivity index (χ3v) is 3.91. The first-order valence-electron chi connectivity index (χ1n) is 7.44. The van der Waals surface area contributed by atoms with E-state index in [1.165, 1.54) is 16.7 Å². The van der Waals surface area contributed by atoms with Crippen molar-refractivity contribution in [2.75, 3.05) is 40.5 Å². The summed E-state index contributed by atoms with van der Waals surface area (Å²) in [6, 6.07) is -0.929. The highest BCUT2D eigenvalue weighted by molar-refractivity contribution is 5.91. The number of hydrogen-bond donors (Lipinski definition) is 2. The summed E-state index contributed by atoms with van der Waals surface area (Å²) < 4.78 is 0. The monoisotopic (exact) mass is 328 g/mol. The van der Waals surface area contributed by atoms with Gasteiger partial charge in [-0.1, -0.05) is 0 Å². The molecule has 1 heterocycles. The zero-order chi connectivity index (χ0) is 17.6. The molecule has 4 amide bonds. The smallest absolute Gasteiger partial charge is 0.243 e. The third-order valence-electron chi connectivity index (χ3n) is 3.91. The number of carbonyl (C=O) groups is 4. The summed E-state index contributed by atoms with van der Waals surface area (Å²) in [6.07, 6.45) is -0.103. The van der Waals surface area contributed by atoms with Gasteiger partial charge in [0, 0.05) is 40.0 Å². The molecule has 9 heteroatoms. The predicted molar refractivity (Wildman–Crippen MR) is 80.9 cm³/mol. The molecule has 0 aromatic carbocycles. The maximum Gasteiger partial charge on any atom is 0.243 e. The molecule has 9 nitrogen and oxygen atoms in total. The van der Waals surface area contributed by atoms with Gasteiger partial charge in [-0.15, -0.1) is 0 Å². The van der Waals surface area contributed by atoms with E-state index in [0.29, 0.717) is 13.1 Å². The zero-order valence-corrected chi connectivity index (χ0v) is 13.7. The van der Waals surface area contributed by atoms with Gasteiger partial charge < -0.3 is 25.1 Å². The van der Waals surface area contributed by atoms with Gasteiger partial charge in [-0.25, -0.2) is 0 Å². The molecule has 0 saturated carbocycles. The molecule has 1 aliphatic heterocycles. The van der Waals surface area contributed by atoms with Gasteiger partial charge in [0.25, 0.3) is 0 Å². The molecule has 23 heavy (non-hydrogen) atoms. The lowest BCUT2D eigenvalue weighted by molar-refractivity contribution is -0.146. The van der Waals surface area contributed by atoms with E-state index in [2.05, 4.69) is 5.32 Å². The fourth-order valence-electron chi connectivity index (χ4n) is 2.10. The molecule has 0 radical (unpaired) electrons. The summed E-state index contributed by atoms with van der Waals surface area (Å²) in [6.45, 7) is 1.29. The Balaban J connectivity index is 2.91. The van der Waals surface area contributed by atoms with Gasteiger partial charge >= 0.3 is 0 Å². The van der Waals surface area contributed by atoms with E-state index in [1.54, 1.807) is 14.1 Å². The summed E-state index contributed by atoms with van der Waals surface area (Å²) in [4.78, 5) is 51.8. The van der Waals surface area contributed by atoms with Crippen molar-refractivity contribution in [3.8, 4) is 0 Å². The maximum atomic E-state index is 12.1. The quantitative estimate of drug-likeness (QED) is 0.577. The number of aliphatic hydroxyl groups is 1. The van der Waals surface area contributed by atoms with Crippen molar-refractivity contribution in [1.82, 2.24) is 20.0 Å². The molecule has 1 fully saturated rings. The van der Waals surface area contributed by atoms with Crippen LogP contribution in [-0.4, -0.2) is 89.9 Å². The van der Waals surface area contributed by atoms with Crippen molar-refractivity contribution < 1.29 is 24.3 Å². The van der Waals surface area contributed by atoms with Gasteiger partial charge in [-0.2, -0.15) is 0 Å². The molecule has 1 aliphatic rings. The van der Waals surface area contributed by atoms with Crippen LogP contribution in [0.15, 0.2) is 0 Å². The van der Waals surface area contributed by atoms with Crippen LogP contribution in [0.4, 0.5) is 0 Å². The Morgan fingerprint density at radius 2 is 1.52 bits per heavy atom. The Kier molecular flexibility index (Phi) is 6.95. The van der Waals surface area contributed by atoms with E-state index in [4.69, 9.17) is 0 Å². The summed E-state index contributed by atoms with van der Waals surface area (Å²) >= 11 is 0. The van der Waals surface area contributed by atoms with Crippen molar-refractivity contribution >= 4 is 23.6 Å². The number of nitrogens with zero attached hydrogens (tertiary/aromatic N) is 3. The molecule has 1 unspecified atom stereocenters. The molecular weight excluding hydrogens is 304 g/mol. The second-order valence-corrected chi connectivity index (χ2v) is 5.53. The van der Waals surface area contributed by atoms with E-state index >= 15 is 0 Å². The number of aliphatic hydroxyl groups excluding tert-OH is 1. The van der Waals surface area contributed by atoms with Crippen molar-refractivity contribution in [3.63, 3.8) is 0 Å². The van der Waals surface area contributed by atoms with Crippen LogP contribution >= 0.6 is 0 Å². The highest BCUT2D eigenvalue weighted by atomic mass is 16.3. The number of amides is 4. The Bertz CT molecular complexity index is 482. The second kappa shape index (κ2) is 8.47. The fourth-order valence-corrected chi connectivity index (χ4v) is 2.10. The molecule has 0 aromatic heterocycles. The molecule has 0 aliphatic carbocycles. The number of likely N-dealkylation sites (N-methyl/N-ethyl adjacent to an activating group) is 2. The molecule has 1 saturated heterocycles. The average Bonchev–Trinajstić information content (AvgIpc) is 2.53. The largest absolute Gasteiger partial charge is 0.376 e. The van der Waals surface area contributed by atoms with Gasteiger partial charge in [0.1, 0.15) is 12.8 Å². The van der Waals surface area contributed by atoms with Crippen LogP contribution in [0.3, 0.4) is 0 Å². The molecular formula is C14H24N4O5. The molecule has 2 N–H and O–H groups in total. The van der Waals surface area contributed by atoms with Gasteiger partial charge in [-0.3, -0.25) is 19.2 Å². The summed E-state index contributed by atoms with van der Waals surface area (Å²) in [5.74, 6) is -1.55. The maximum absolute atomic E-state index is 12.1. The van der Waals surface area contributed by atoms with Crippen molar-refractivity contribution in [1.29, 1.82) is 0 Å². The van der Waals surface area contributed by atoms with E-state index in [9.17, 15) is 24.3 Å². The Morgan fingerprint density at radius 1 is 1.00 bits per heavy atom. The van der Waals surface area contributed by atoms with E-state index in [-0.39, 0.29) is 31.2 Å². The Hall–Kier alpha value is -2.16. The van der Waals surface area contributed by atoms with Crippen LogP contribution in [0, 0.1) is 0 Å². The fraction of sp³-hybridized carbons (Fsp3) is 0.714.